The molecule has 0 unspecified atom stereocenters. The average molecular weight is 166 g/mol. The highest BCUT2D eigenvalue weighted by atomic mass is 16.6. The molecule has 1 aromatic carbocycles. The van der Waals surface area contributed by atoms with E-state index in [9.17, 15) is 9.70 Å². The number of benzene rings is 1. The Morgan fingerprint density at radius 1 is 1.33 bits per heavy atom. The number of carbonyl (C=O) groups excluding carboxylic acids is 1. The van der Waals surface area contributed by atoms with Crippen LogP contribution in [0.25, 0.3) is 0 Å². The molecule has 1 aromatic rings. The molecule has 0 atom stereocenters. The Morgan fingerprint density at radius 2 is 2.00 bits per heavy atom. The molecule has 0 aliphatic rings. The minimum Gasteiger partial charge on any atom is -0.409 e. The number of rotatable bonds is 2. The van der Waals surface area contributed by atoms with Crippen molar-refractivity contribution in [1.82, 2.24) is 5.43 Å². The van der Waals surface area contributed by atoms with Crippen molar-refractivity contribution >= 4 is 6.09 Å². The van der Waals surface area contributed by atoms with Crippen molar-refractivity contribution in [1.29, 1.82) is 0 Å². The second kappa shape index (κ2) is 4.07. The third-order valence-corrected chi connectivity index (χ3v) is 1.09. The van der Waals surface area contributed by atoms with Crippen molar-refractivity contribution in [3.8, 4) is 5.75 Å². The number of para-hydroxylation sites is 1. The summed E-state index contributed by atoms with van der Waals surface area (Å²) in [5.74, 6) is 0.360. The van der Waals surface area contributed by atoms with E-state index in [1.54, 1.807) is 35.8 Å². The summed E-state index contributed by atoms with van der Waals surface area (Å²) in [5.41, 5.74) is 1.60. The second-order valence-electron chi connectivity index (χ2n) is 1.91. The standard InChI is InChI=1S/C7H6N2O3/c10-7(8-9-11)12-6-4-2-1-3-5-6/h1-5H,(H,8,10,11). The highest BCUT2D eigenvalue weighted by molar-refractivity contribution is 5.69. The van der Waals surface area contributed by atoms with Crippen LogP contribution in [0.1, 0.15) is 0 Å². The van der Waals surface area contributed by atoms with E-state index in [4.69, 9.17) is 0 Å². The molecule has 0 spiro atoms. The summed E-state index contributed by atoms with van der Waals surface area (Å²) in [5, 5.41) is 2.16. The van der Waals surface area contributed by atoms with E-state index >= 15 is 0 Å². The molecule has 62 valence electrons. The molecule has 0 saturated carbocycles. The van der Waals surface area contributed by atoms with Gasteiger partial charge in [0, 0.05) is 0 Å². The fourth-order valence-corrected chi connectivity index (χ4v) is 0.656. The van der Waals surface area contributed by atoms with Crippen LogP contribution in [-0.4, -0.2) is 6.09 Å². The second-order valence-corrected chi connectivity index (χ2v) is 1.91. The first-order valence-electron chi connectivity index (χ1n) is 3.18. The number of nitroso groups, excluding NO2 is 1. The predicted molar refractivity (Wildman–Crippen MR) is 41.4 cm³/mol. The summed E-state index contributed by atoms with van der Waals surface area (Å²) in [6.07, 6.45) is -0.892. The normalized spacial score (nSPS) is 8.67. The van der Waals surface area contributed by atoms with Gasteiger partial charge in [-0.25, -0.2) is 4.79 Å². The van der Waals surface area contributed by atoms with Crippen molar-refractivity contribution in [3.05, 3.63) is 35.2 Å². The van der Waals surface area contributed by atoms with E-state index in [0.717, 1.165) is 0 Å². The predicted octanol–water partition coefficient (Wildman–Crippen LogP) is 1.46. The molecule has 0 bridgehead atoms. The Morgan fingerprint density at radius 3 is 2.58 bits per heavy atom. The molecule has 0 aliphatic heterocycles. The average Bonchev–Trinajstić information content (AvgIpc) is 2.06. The topological polar surface area (TPSA) is 67.8 Å². The third-order valence-electron chi connectivity index (χ3n) is 1.09. The largest absolute Gasteiger partial charge is 0.435 e. The number of hydrogen-bond donors (Lipinski definition) is 1. The molecular formula is C7H6N2O3. The van der Waals surface area contributed by atoms with Crippen LogP contribution < -0.4 is 10.2 Å². The van der Waals surface area contributed by atoms with Crippen molar-refractivity contribution in [3.63, 3.8) is 0 Å². The zero-order valence-electron chi connectivity index (χ0n) is 6.06. The van der Waals surface area contributed by atoms with Gasteiger partial charge < -0.3 is 4.74 Å². The van der Waals surface area contributed by atoms with Crippen LogP contribution >= 0.6 is 0 Å². The van der Waals surface area contributed by atoms with Gasteiger partial charge in [0.05, 0.1) is 5.29 Å². The smallest absolute Gasteiger partial charge is 0.409 e. The molecule has 12 heavy (non-hydrogen) atoms. The van der Waals surface area contributed by atoms with Gasteiger partial charge in [0.2, 0.25) is 0 Å². The maximum absolute atomic E-state index is 10.6. The molecule has 1 N–H and O–H groups in total. The van der Waals surface area contributed by atoms with Crippen LogP contribution in [0.15, 0.2) is 35.6 Å². The van der Waals surface area contributed by atoms with Gasteiger partial charge in [0.1, 0.15) is 5.75 Å². The van der Waals surface area contributed by atoms with Crippen LogP contribution in [-0.2, 0) is 0 Å². The molecule has 0 saturated heterocycles. The van der Waals surface area contributed by atoms with Gasteiger partial charge in [-0.15, -0.1) is 4.91 Å². The first-order chi connectivity index (χ1) is 5.83. The monoisotopic (exact) mass is 166 g/mol. The van der Waals surface area contributed by atoms with Crippen molar-refractivity contribution in [2.24, 2.45) is 5.29 Å². The SMILES string of the molecule is O=NNC(=O)Oc1ccccc1. The summed E-state index contributed by atoms with van der Waals surface area (Å²) >= 11 is 0. The van der Waals surface area contributed by atoms with Gasteiger partial charge >= 0.3 is 6.09 Å². The van der Waals surface area contributed by atoms with Crippen LogP contribution in [0.5, 0.6) is 5.75 Å². The summed E-state index contributed by atoms with van der Waals surface area (Å²) < 4.78 is 4.61. The van der Waals surface area contributed by atoms with E-state index in [1.165, 1.54) is 0 Å². The van der Waals surface area contributed by atoms with Crippen molar-refractivity contribution in [2.45, 2.75) is 0 Å². The Labute approximate surface area is 68.3 Å². The molecule has 0 aliphatic carbocycles. The van der Waals surface area contributed by atoms with Gasteiger partial charge in [-0.3, -0.25) is 0 Å². The first kappa shape index (κ1) is 8.19. The molecule has 0 fully saturated rings. The van der Waals surface area contributed by atoms with E-state index < -0.39 is 6.09 Å². The zero-order valence-corrected chi connectivity index (χ0v) is 6.06. The molecule has 0 aromatic heterocycles. The summed E-state index contributed by atoms with van der Waals surface area (Å²) in [6.45, 7) is 0. The minimum absolute atomic E-state index is 0.360. The quantitative estimate of drug-likeness (QED) is 0.534. The van der Waals surface area contributed by atoms with Gasteiger partial charge in [-0.05, 0) is 12.1 Å². The lowest BCUT2D eigenvalue weighted by atomic mass is 10.3. The zero-order chi connectivity index (χ0) is 8.81. The third kappa shape index (κ3) is 2.37. The van der Waals surface area contributed by atoms with Gasteiger partial charge in [-0.2, -0.15) is 5.43 Å². The molecule has 1 rings (SSSR count). The number of carbonyl (C=O) groups is 1. The first-order valence-corrected chi connectivity index (χ1v) is 3.18. The van der Waals surface area contributed by atoms with Crippen molar-refractivity contribution in [2.75, 3.05) is 0 Å². The Hall–Kier alpha value is -1.91. The van der Waals surface area contributed by atoms with Gasteiger partial charge in [0.15, 0.2) is 0 Å². The molecule has 0 heterocycles. The molecule has 1 amide bonds. The summed E-state index contributed by atoms with van der Waals surface area (Å²) in [7, 11) is 0. The van der Waals surface area contributed by atoms with Gasteiger partial charge in [0.25, 0.3) is 0 Å². The Bertz CT molecular complexity index is 273. The maximum Gasteiger partial charge on any atom is 0.435 e. The number of hydrogen-bond acceptors (Lipinski definition) is 4. The Kier molecular flexibility index (Phi) is 2.78. The molecule has 0 radical (unpaired) electrons. The lowest BCUT2D eigenvalue weighted by molar-refractivity contribution is 0.201. The number of ether oxygens (including phenoxy) is 1. The van der Waals surface area contributed by atoms with Crippen LogP contribution in [0, 0.1) is 4.91 Å². The van der Waals surface area contributed by atoms with E-state index in [1.807, 2.05) is 0 Å². The molecule has 5 nitrogen and oxygen atoms in total. The van der Waals surface area contributed by atoms with E-state index in [-0.39, 0.29) is 0 Å². The highest BCUT2D eigenvalue weighted by Crippen LogP contribution is 2.07. The lowest BCUT2D eigenvalue weighted by Crippen LogP contribution is -2.20. The molecule has 5 heteroatoms. The maximum atomic E-state index is 10.6. The number of nitrogens with one attached hydrogen (secondary N) is 1. The summed E-state index contributed by atoms with van der Waals surface area (Å²) in [6, 6.07) is 8.37. The summed E-state index contributed by atoms with van der Waals surface area (Å²) in [4.78, 5) is 20.1. The fraction of sp³-hybridized carbons (Fsp3) is 0. The lowest BCUT2D eigenvalue weighted by Gasteiger charge is -1.99. The van der Waals surface area contributed by atoms with Crippen LogP contribution in [0.2, 0.25) is 0 Å². The Balaban J connectivity index is 2.52. The number of amides is 1. The highest BCUT2D eigenvalue weighted by Gasteiger charge is 2.00. The fourth-order valence-electron chi connectivity index (χ4n) is 0.656. The van der Waals surface area contributed by atoms with Gasteiger partial charge in [-0.1, -0.05) is 18.2 Å². The molecular weight excluding hydrogens is 160 g/mol. The minimum atomic E-state index is -0.892. The van der Waals surface area contributed by atoms with E-state index in [0.29, 0.717) is 5.75 Å². The van der Waals surface area contributed by atoms with E-state index in [2.05, 4.69) is 10.0 Å². The number of nitrogens with zero attached hydrogens (tertiary/aromatic N) is 1. The van der Waals surface area contributed by atoms with Crippen LogP contribution in [0.3, 0.4) is 0 Å². The van der Waals surface area contributed by atoms with Crippen LogP contribution in [0.4, 0.5) is 4.79 Å². The van der Waals surface area contributed by atoms with Crippen molar-refractivity contribution < 1.29 is 9.53 Å².